The molecule has 1 atom stereocenters. The van der Waals surface area contributed by atoms with Crippen LogP contribution in [-0.4, -0.2) is 41.1 Å². The highest BCUT2D eigenvalue weighted by Crippen LogP contribution is 2.24. The molecule has 2 heterocycles. The number of carbonyl (C=O) groups is 1. The molecule has 3 rings (SSSR count). The summed E-state index contributed by atoms with van der Waals surface area (Å²) >= 11 is 0. The number of fused-ring (bicyclic) bond motifs is 1. The van der Waals surface area contributed by atoms with Crippen LogP contribution in [0.3, 0.4) is 0 Å². The van der Waals surface area contributed by atoms with E-state index in [2.05, 4.69) is 4.98 Å². The molecule has 0 saturated carbocycles. The van der Waals surface area contributed by atoms with Crippen LogP contribution >= 0.6 is 0 Å². The summed E-state index contributed by atoms with van der Waals surface area (Å²) in [5.74, 6) is -0.0421. The van der Waals surface area contributed by atoms with Crippen LogP contribution in [0.25, 0.3) is 10.9 Å². The fourth-order valence-electron chi connectivity index (χ4n) is 2.95. The number of aromatic nitrogens is 2. The number of benzene rings is 1. The normalized spacial score (nSPS) is 12.3. The molecule has 5 heteroatoms. The Hall–Kier alpha value is -2.66. The van der Waals surface area contributed by atoms with E-state index in [0.717, 1.165) is 16.6 Å². The highest BCUT2D eigenvalue weighted by molar-refractivity contribution is 6.06. The van der Waals surface area contributed by atoms with Crippen LogP contribution in [0.4, 0.5) is 0 Å². The van der Waals surface area contributed by atoms with Gasteiger partial charge in [0.15, 0.2) is 0 Å². The Labute approximate surface area is 141 Å². The number of amides is 1. The zero-order valence-corrected chi connectivity index (χ0v) is 14.1. The lowest BCUT2D eigenvalue weighted by atomic mass is 10.1. The number of methoxy groups -OCH3 is 1. The van der Waals surface area contributed by atoms with Crippen LogP contribution in [0.2, 0.25) is 0 Å². The van der Waals surface area contributed by atoms with Gasteiger partial charge in [0, 0.05) is 50.1 Å². The van der Waals surface area contributed by atoms with Crippen molar-refractivity contribution < 1.29 is 9.53 Å². The number of rotatable bonds is 5. The van der Waals surface area contributed by atoms with E-state index in [1.807, 2.05) is 60.3 Å². The lowest BCUT2D eigenvalue weighted by Crippen LogP contribution is -2.34. The number of hydrogen-bond acceptors (Lipinski definition) is 3. The first-order valence-corrected chi connectivity index (χ1v) is 7.84. The Kier molecular flexibility index (Phi) is 4.62. The van der Waals surface area contributed by atoms with E-state index in [0.29, 0.717) is 12.2 Å². The predicted molar refractivity (Wildman–Crippen MR) is 93.9 cm³/mol. The fourth-order valence-corrected chi connectivity index (χ4v) is 2.95. The molecule has 3 aromatic rings. The maximum atomic E-state index is 13.1. The van der Waals surface area contributed by atoms with Gasteiger partial charge in [-0.05, 0) is 30.3 Å². The van der Waals surface area contributed by atoms with Crippen molar-refractivity contribution in [3.63, 3.8) is 0 Å². The Morgan fingerprint density at radius 3 is 2.79 bits per heavy atom. The third-order valence-electron chi connectivity index (χ3n) is 4.30. The summed E-state index contributed by atoms with van der Waals surface area (Å²) in [6.45, 7) is 0.393. The topological polar surface area (TPSA) is 47.4 Å². The van der Waals surface area contributed by atoms with Gasteiger partial charge in [0.25, 0.3) is 5.91 Å². The molecule has 0 aliphatic rings. The SMILES string of the molecule is COC[C@H](c1ccccn1)N(C)C(=O)c1cccc2c1ccn2C. The molecule has 124 valence electrons. The van der Waals surface area contributed by atoms with Gasteiger partial charge in [0.05, 0.1) is 18.3 Å². The maximum Gasteiger partial charge on any atom is 0.254 e. The predicted octanol–water partition coefficient (Wildman–Crippen LogP) is 3.03. The van der Waals surface area contributed by atoms with Crippen molar-refractivity contribution in [2.75, 3.05) is 20.8 Å². The van der Waals surface area contributed by atoms with Gasteiger partial charge in [-0.2, -0.15) is 0 Å². The first kappa shape index (κ1) is 16.2. The first-order valence-electron chi connectivity index (χ1n) is 7.84. The highest BCUT2D eigenvalue weighted by Gasteiger charge is 2.25. The largest absolute Gasteiger partial charge is 0.382 e. The van der Waals surface area contributed by atoms with Crippen LogP contribution in [0.5, 0.6) is 0 Å². The van der Waals surface area contributed by atoms with Crippen molar-refractivity contribution in [1.29, 1.82) is 0 Å². The van der Waals surface area contributed by atoms with Gasteiger partial charge in [-0.25, -0.2) is 0 Å². The van der Waals surface area contributed by atoms with E-state index in [1.165, 1.54) is 0 Å². The van der Waals surface area contributed by atoms with Gasteiger partial charge in [-0.1, -0.05) is 12.1 Å². The van der Waals surface area contributed by atoms with E-state index < -0.39 is 0 Å². The van der Waals surface area contributed by atoms with Crippen LogP contribution in [0.1, 0.15) is 22.1 Å². The molecule has 0 radical (unpaired) electrons. The number of aryl methyl sites for hydroxylation is 1. The van der Waals surface area contributed by atoms with Gasteiger partial charge < -0.3 is 14.2 Å². The average Bonchev–Trinajstić information content (AvgIpc) is 3.00. The average molecular weight is 323 g/mol. The summed E-state index contributed by atoms with van der Waals surface area (Å²) in [6.07, 6.45) is 3.70. The van der Waals surface area contributed by atoms with Crippen molar-refractivity contribution in [3.05, 3.63) is 66.1 Å². The second-order valence-corrected chi connectivity index (χ2v) is 5.81. The highest BCUT2D eigenvalue weighted by atomic mass is 16.5. The number of ether oxygens (including phenoxy) is 1. The molecule has 0 saturated heterocycles. The van der Waals surface area contributed by atoms with E-state index in [-0.39, 0.29) is 11.9 Å². The Morgan fingerprint density at radius 2 is 2.08 bits per heavy atom. The van der Waals surface area contributed by atoms with Gasteiger partial charge >= 0.3 is 0 Å². The minimum atomic E-state index is -0.234. The molecule has 0 aliphatic heterocycles. The summed E-state index contributed by atoms with van der Waals surface area (Å²) in [7, 11) is 5.40. The molecule has 1 aromatic carbocycles. The number of nitrogens with zero attached hydrogens (tertiary/aromatic N) is 3. The van der Waals surface area contributed by atoms with Crippen LogP contribution < -0.4 is 0 Å². The smallest absolute Gasteiger partial charge is 0.254 e. The lowest BCUT2D eigenvalue weighted by molar-refractivity contribution is 0.0597. The van der Waals surface area contributed by atoms with Gasteiger partial charge in [-0.15, -0.1) is 0 Å². The third kappa shape index (κ3) is 2.90. The van der Waals surface area contributed by atoms with E-state index >= 15 is 0 Å². The molecule has 5 nitrogen and oxygen atoms in total. The zero-order valence-electron chi connectivity index (χ0n) is 14.1. The lowest BCUT2D eigenvalue weighted by Gasteiger charge is -2.27. The first-order chi connectivity index (χ1) is 11.6. The van der Waals surface area contributed by atoms with Crippen LogP contribution in [0.15, 0.2) is 54.9 Å². The van der Waals surface area contributed by atoms with Gasteiger partial charge in [0.2, 0.25) is 0 Å². The molecule has 24 heavy (non-hydrogen) atoms. The van der Waals surface area contributed by atoms with Crippen molar-refractivity contribution in [3.8, 4) is 0 Å². The van der Waals surface area contributed by atoms with Gasteiger partial charge in [-0.3, -0.25) is 9.78 Å². The maximum absolute atomic E-state index is 13.1. The minimum Gasteiger partial charge on any atom is -0.382 e. The quantitative estimate of drug-likeness (QED) is 0.725. The number of likely N-dealkylation sites (N-methyl/N-ethyl adjacent to an activating group) is 1. The molecular weight excluding hydrogens is 302 g/mol. The van der Waals surface area contributed by atoms with E-state index in [1.54, 1.807) is 25.3 Å². The van der Waals surface area contributed by atoms with Crippen LogP contribution in [-0.2, 0) is 11.8 Å². The number of carbonyl (C=O) groups excluding carboxylic acids is 1. The molecule has 0 spiro atoms. The molecule has 1 amide bonds. The molecular formula is C19H21N3O2. The minimum absolute atomic E-state index is 0.0421. The molecule has 0 N–H and O–H groups in total. The summed E-state index contributed by atoms with van der Waals surface area (Å²) in [6, 6.07) is 13.2. The van der Waals surface area contributed by atoms with E-state index in [9.17, 15) is 4.79 Å². The zero-order chi connectivity index (χ0) is 17.1. The standard InChI is InChI=1S/C19H21N3O2/c1-21-12-10-14-15(7-6-9-17(14)21)19(23)22(2)18(13-24-3)16-8-4-5-11-20-16/h4-12,18H,13H2,1-3H3/t18-/m1/s1. The van der Waals surface area contributed by atoms with Crippen LogP contribution in [0, 0.1) is 0 Å². The summed E-state index contributed by atoms with van der Waals surface area (Å²) in [4.78, 5) is 19.2. The fraction of sp³-hybridized carbons (Fsp3) is 0.263. The van der Waals surface area contributed by atoms with Crippen molar-refractivity contribution in [1.82, 2.24) is 14.5 Å². The Bertz CT molecular complexity index is 842. The molecule has 0 unspecified atom stereocenters. The Morgan fingerprint density at radius 1 is 1.25 bits per heavy atom. The van der Waals surface area contributed by atoms with Crippen molar-refractivity contribution >= 4 is 16.8 Å². The molecule has 0 aliphatic carbocycles. The third-order valence-corrected chi connectivity index (χ3v) is 4.30. The van der Waals surface area contributed by atoms with Gasteiger partial charge in [0.1, 0.15) is 0 Å². The second kappa shape index (κ2) is 6.84. The number of hydrogen-bond donors (Lipinski definition) is 0. The molecule has 0 bridgehead atoms. The summed E-state index contributed by atoms with van der Waals surface area (Å²) in [5.41, 5.74) is 2.54. The van der Waals surface area contributed by atoms with E-state index in [4.69, 9.17) is 4.74 Å². The summed E-state index contributed by atoms with van der Waals surface area (Å²) < 4.78 is 7.33. The number of pyridine rings is 1. The molecule has 0 fully saturated rings. The second-order valence-electron chi connectivity index (χ2n) is 5.81. The van der Waals surface area contributed by atoms with Crippen molar-refractivity contribution in [2.45, 2.75) is 6.04 Å². The molecule has 2 aromatic heterocycles. The Balaban J connectivity index is 1.97. The van der Waals surface area contributed by atoms with Crippen molar-refractivity contribution in [2.24, 2.45) is 7.05 Å². The monoisotopic (exact) mass is 323 g/mol. The summed E-state index contributed by atoms with van der Waals surface area (Å²) in [5, 5.41) is 0.953.